The Morgan fingerprint density at radius 3 is 2.34 bits per heavy atom. The maximum Gasteiger partial charge on any atom is 0.402 e. The van der Waals surface area contributed by atoms with Crippen molar-refractivity contribution in [2.24, 2.45) is 24.3 Å². The van der Waals surface area contributed by atoms with Crippen molar-refractivity contribution >= 4 is 10.0 Å². The van der Waals surface area contributed by atoms with Crippen LogP contribution in [0.25, 0.3) is 22.5 Å². The smallest absolute Gasteiger partial charge is 0.267 e. The number of fused-ring (bicyclic) bond motifs is 1. The molecule has 2 fully saturated rings. The molecule has 198 valence electrons. The van der Waals surface area contributed by atoms with Crippen LogP contribution in [0.15, 0.2) is 48.5 Å². The molecule has 0 N–H and O–H groups in total. The number of aromatic nitrogens is 2. The van der Waals surface area contributed by atoms with Gasteiger partial charge in [0.05, 0.1) is 28.8 Å². The van der Waals surface area contributed by atoms with E-state index in [1.165, 1.54) is 0 Å². The summed E-state index contributed by atoms with van der Waals surface area (Å²) in [7, 11) is -2.09. The molecule has 3 atom stereocenters. The predicted molar refractivity (Wildman–Crippen MR) is 136 cm³/mol. The highest BCUT2D eigenvalue weighted by Gasteiger charge is 2.60. The van der Waals surface area contributed by atoms with Gasteiger partial charge in [0.1, 0.15) is 6.54 Å². The van der Waals surface area contributed by atoms with Gasteiger partial charge in [-0.1, -0.05) is 24.3 Å². The fourth-order valence-corrected chi connectivity index (χ4v) is 9.18. The quantitative estimate of drug-likeness (QED) is 0.471. The van der Waals surface area contributed by atoms with Crippen LogP contribution in [0.3, 0.4) is 0 Å². The van der Waals surface area contributed by atoms with Crippen molar-refractivity contribution in [3.63, 3.8) is 0 Å². The summed E-state index contributed by atoms with van der Waals surface area (Å²) in [5, 5.41) is 13.8. The third-order valence-electron chi connectivity index (χ3n) is 8.78. The van der Waals surface area contributed by atoms with Crippen molar-refractivity contribution in [3.8, 4) is 28.6 Å². The van der Waals surface area contributed by atoms with Gasteiger partial charge in [-0.3, -0.25) is 4.68 Å². The first-order valence-corrected chi connectivity index (χ1v) is 14.3. The Bertz CT molecular complexity index is 1560. The first kappa shape index (κ1) is 25.1. The number of halogens is 3. The Labute approximate surface area is 219 Å². The van der Waals surface area contributed by atoms with E-state index in [1.54, 1.807) is 16.8 Å². The number of hydrogen-bond donors (Lipinski definition) is 0. The number of nitrogens with zero attached hydrogens (tertiary/aromatic N) is 4. The van der Waals surface area contributed by atoms with E-state index in [1.807, 2.05) is 31.3 Å². The minimum absolute atomic E-state index is 0.0231. The van der Waals surface area contributed by atoms with Gasteiger partial charge in [0.2, 0.25) is 10.0 Å². The molecule has 0 unspecified atom stereocenters. The van der Waals surface area contributed by atoms with Gasteiger partial charge in [0.25, 0.3) is 0 Å². The van der Waals surface area contributed by atoms with Crippen molar-refractivity contribution in [3.05, 3.63) is 65.2 Å². The summed E-state index contributed by atoms with van der Waals surface area (Å²) in [6.45, 7) is -1.45. The molecule has 38 heavy (non-hydrogen) atoms. The molecule has 0 amide bonds. The van der Waals surface area contributed by atoms with Gasteiger partial charge in [0.15, 0.2) is 0 Å². The molecule has 10 heteroatoms. The van der Waals surface area contributed by atoms with Crippen LogP contribution in [0.2, 0.25) is 0 Å². The highest BCUT2D eigenvalue weighted by Crippen LogP contribution is 2.57. The second-order valence-electron chi connectivity index (χ2n) is 11.0. The van der Waals surface area contributed by atoms with Crippen LogP contribution in [-0.2, 0) is 29.9 Å². The fourth-order valence-electron chi connectivity index (χ4n) is 6.97. The topological polar surface area (TPSA) is 79.0 Å². The van der Waals surface area contributed by atoms with Crippen molar-refractivity contribution in [1.82, 2.24) is 14.1 Å². The Morgan fingerprint density at radius 2 is 1.68 bits per heavy atom. The molecule has 6 rings (SSSR count). The van der Waals surface area contributed by atoms with Gasteiger partial charge in [0, 0.05) is 24.6 Å². The second kappa shape index (κ2) is 8.68. The summed E-state index contributed by atoms with van der Waals surface area (Å²) in [5.41, 5.74) is 5.84. The molecule has 1 saturated carbocycles. The minimum atomic E-state index is -4.56. The van der Waals surface area contributed by atoms with E-state index >= 15 is 0 Å². The van der Waals surface area contributed by atoms with E-state index in [0.29, 0.717) is 22.7 Å². The molecule has 0 radical (unpaired) electrons. The van der Waals surface area contributed by atoms with Crippen LogP contribution in [-0.4, -0.2) is 47.5 Å². The van der Waals surface area contributed by atoms with Gasteiger partial charge in [-0.25, -0.2) is 8.42 Å². The van der Waals surface area contributed by atoms with Crippen LogP contribution in [0.1, 0.15) is 29.5 Å². The third kappa shape index (κ3) is 4.22. The molecule has 2 aliphatic carbocycles. The normalized spacial score (nSPS) is 26.3. The number of sulfonamides is 1. The summed E-state index contributed by atoms with van der Waals surface area (Å²) >= 11 is 0. The number of alkyl halides is 3. The monoisotopic (exact) mass is 540 g/mol. The largest absolute Gasteiger partial charge is 0.402 e. The fraction of sp³-hybridized carbons (Fsp3) is 0.429. The van der Waals surface area contributed by atoms with Gasteiger partial charge in [-0.2, -0.15) is 27.8 Å². The van der Waals surface area contributed by atoms with Crippen LogP contribution in [0.4, 0.5) is 13.2 Å². The Balaban J connectivity index is 1.30. The SMILES string of the molecule is Cn1nc(-c2ccc3c(c2)C[C@H]2CC[C@@H](C3)[C@]23CN(CC(F)(F)F)S(=O)(=O)C3)cc1-c1ccc(C#N)cc1. The molecule has 6 nitrogen and oxygen atoms in total. The number of benzene rings is 2. The summed E-state index contributed by atoms with van der Waals surface area (Å²) in [6.07, 6.45) is -1.55. The molecular formula is C28H27F3N4O2S. The van der Waals surface area contributed by atoms with Gasteiger partial charge >= 0.3 is 6.18 Å². The summed E-state index contributed by atoms with van der Waals surface area (Å²) < 4.78 is 67.7. The van der Waals surface area contributed by atoms with E-state index in [0.717, 1.165) is 46.5 Å². The lowest BCUT2D eigenvalue weighted by Crippen LogP contribution is -2.40. The van der Waals surface area contributed by atoms with Crippen LogP contribution in [0, 0.1) is 28.6 Å². The summed E-state index contributed by atoms with van der Waals surface area (Å²) in [6, 6.07) is 17.7. The Hall–Kier alpha value is -3.16. The zero-order chi connectivity index (χ0) is 26.9. The van der Waals surface area contributed by atoms with Gasteiger partial charge in [-0.15, -0.1) is 0 Å². The lowest BCUT2D eigenvalue weighted by atomic mass is 9.72. The second-order valence-corrected chi connectivity index (χ2v) is 12.9. The maximum absolute atomic E-state index is 13.2. The first-order chi connectivity index (χ1) is 18.0. The van der Waals surface area contributed by atoms with E-state index in [2.05, 4.69) is 18.2 Å². The molecular weight excluding hydrogens is 513 g/mol. The van der Waals surface area contributed by atoms with Crippen molar-refractivity contribution in [1.29, 1.82) is 5.26 Å². The zero-order valence-corrected chi connectivity index (χ0v) is 21.7. The highest BCUT2D eigenvalue weighted by molar-refractivity contribution is 7.89. The predicted octanol–water partition coefficient (Wildman–Crippen LogP) is 4.94. The van der Waals surface area contributed by atoms with Gasteiger partial charge in [-0.05, 0) is 78.5 Å². The third-order valence-corrected chi connectivity index (χ3v) is 10.7. The van der Waals surface area contributed by atoms with E-state index < -0.39 is 28.2 Å². The molecule has 3 aliphatic rings. The standard InChI is InChI=1S/C28H27F3N4O2S/c1-34-26(19-4-2-18(14-32)3-5-19)13-25(33-34)21-7-6-20-11-23-8-9-24(12-22(20)10-21)27(23)15-35(16-28(29,30)31)38(36,37)17-27/h2-7,10,13,23-24H,8-9,11-12,15-17H2,1H3/t23-,24+,27+/m0/s1. The Morgan fingerprint density at radius 1 is 1.03 bits per heavy atom. The summed E-state index contributed by atoms with van der Waals surface area (Å²) in [4.78, 5) is 0. The van der Waals surface area contributed by atoms with Crippen molar-refractivity contribution < 1.29 is 21.6 Å². The van der Waals surface area contributed by atoms with Crippen LogP contribution < -0.4 is 0 Å². The van der Waals surface area contributed by atoms with E-state index in [-0.39, 0.29) is 24.1 Å². The maximum atomic E-state index is 13.2. The number of hydrogen-bond acceptors (Lipinski definition) is 4. The molecule has 2 bridgehead atoms. The summed E-state index contributed by atoms with van der Waals surface area (Å²) in [5.74, 6) is -0.124. The Kier molecular flexibility index (Phi) is 5.74. The van der Waals surface area contributed by atoms with E-state index in [9.17, 15) is 21.6 Å². The van der Waals surface area contributed by atoms with E-state index in [4.69, 9.17) is 10.4 Å². The lowest BCUT2D eigenvalue weighted by Gasteiger charge is -2.33. The number of aryl methyl sites for hydroxylation is 1. The average molecular weight is 541 g/mol. The minimum Gasteiger partial charge on any atom is -0.267 e. The molecule has 1 aromatic heterocycles. The lowest BCUT2D eigenvalue weighted by molar-refractivity contribution is -0.137. The molecule has 3 aromatic rings. The molecule has 2 heterocycles. The zero-order valence-electron chi connectivity index (χ0n) is 20.9. The number of nitriles is 1. The molecule has 2 aromatic carbocycles. The molecule has 1 aliphatic heterocycles. The first-order valence-electron chi connectivity index (χ1n) is 12.7. The molecule has 1 saturated heterocycles. The van der Waals surface area contributed by atoms with Crippen molar-refractivity contribution in [2.45, 2.75) is 31.9 Å². The highest BCUT2D eigenvalue weighted by atomic mass is 32.2. The average Bonchev–Trinajstić information content (AvgIpc) is 3.43. The van der Waals surface area contributed by atoms with Crippen LogP contribution >= 0.6 is 0 Å². The number of rotatable bonds is 3. The van der Waals surface area contributed by atoms with Gasteiger partial charge < -0.3 is 0 Å². The van der Waals surface area contributed by atoms with Crippen LogP contribution in [0.5, 0.6) is 0 Å². The molecule has 1 spiro atoms. The van der Waals surface area contributed by atoms with Crippen molar-refractivity contribution in [2.75, 3.05) is 18.8 Å².